The molecule has 0 bridgehead atoms. The molecule has 0 spiro atoms. The van der Waals surface area contributed by atoms with E-state index in [1.165, 1.54) is 6.07 Å². The molecule has 1 aromatic rings. The van der Waals surface area contributed by atoms with Crippen molar-refractivity contribution in [3.05, 3.63) is 34.6 Å². The van der Waals surface area contributed by atoms with Gasteiger partial charge in [0.15, 0.2) is 0 Å². The number of rotatable bonds is 5. The normalized spacial score (nSPS) is 10.8. The van der Waals surface area contributed by atoms with E-state index in [1.54, 1.807) is 12.1 Å². The van der Waals surface area contributed by atoms with Crippen LogP contribution in [-0.2, 0) is 11.2 Å². The molecule has 1 rings (SSSR count). The summed E-state index contributed by atoms with van der Waals surface area (Å²) in [6.07, 6.45) is 2.13. The summed E-state index contributed by atoms with van der Waals surface area (Å²) in [4.78, 5) is 11.4. The van der Waals surface area contributed by atoms with Crippen LogP contribution in [0.4, 0.5) is 4.39 Å². The molecule has 0 atom stereocenters. The van der Waals surface area contributed by atoms with E-state index < -0.39 is 5.82 Å². The molecule has 0 aliphatic carbocycles. The van der Waals surface area contributed by atoms with Crippen molar-refractivity contribution in [1.82, 2.24) is 0 Å². The second-order valence-corrected chi connectivity index (χ2v) is 4.63. The van der Waals surface area contributed by atoms with Crippen LogP contribution in [0.25, 0.3) is 0 Å². The van der Waals surface area contributed by atoms with E-state index in [4.69, 9.17) is 11.6 Å². The molecule has 1 nitrogen and oxygen atoms in total. The molecule has 88 valence electrons. The van der Waals surface area contributed by atoms with Gasteiger partial charge in [-0.1, -0.05) is 31.5 Å². The first-order valence-corrected chi connectivity index (χ1v) is 5.85. The van der Waals surface area contributed by atoms with Crippen molar-refractivity contribution in [3.63, 3.8) is 0 Å². The van der Waals surface area contributed by atoms with E-state index in [9.17, 15) is 9.18 Å². The molecule has 16 heavy (non-hydrogen) atoms. The Morgan fingerprint density at radius 2 is 2.12 bits per heavy atom. The van der Waals surface area contributed by atoms with Crippen LogP contribution in [0.1, 0.15) is 32.3 Å². The molecule has 0 fully saturated rings. The monoisotopic (exact) mass is 242 g/mol. The fourth-order valence-electron chi connectivity index (χ4n) is 1.45. The van der Waals surface area contributed by atoms with E-state index in [-0.39, 0.29) is 16.7 Å². The van der Waals surface area contributed by atoms with Crippen molar-refractivity contribution in [3.8, 4) is 0 Å². The third-order valence-corrected chi connectivity index (χ3v) is 2.81. The Hall–Kier alpha value is -0.890. The summed E-state index contributed by atoms with van der Waals surface area (Å²) in [7, 11) is 0. The molecular weight excluding hydrogens is 227 g/mol. The van der Waals surface area contributed by atoms with Crippen molar-refractivity contribution in [1.29, 1.82) is 0 Å². The maximum Gasteiger partial charge on any atom is 0.141 e. The maximum absolute atomic E-state index is 12.9. The Morgan fingerprint density at radius 1 is 1.44 bits per heavy atom. The van der Waals surface area contributed by atoms with Crippen LogP contribution < -0.4 is 0 Å². The van der Waals surface area contributed by atoms with Gasteiger partial charge in [0.05, 0.1) is 5.02 Å². The molecule has 0 aliphatic heterocycles. The molecule has 3 heteroatoms. The van der Waals surface area contributed by atoms with Gasteiger partial charge in [-0.3, -0.25) is 4.79 Å². The first kappa shape index (κ1) is 13.2. The largest absolute Gasteiger partial charge is 0.299 e. The lowest BCUT2D eigenvalue weighted by Crippen LogP contribution is -2.06. The van der Waals surface area contributed by atoms with Gasteiger partial charge in [-0.25, -0.2) is 4.39 Å². The van der Waals surface area contributed by atoms with Crippen LogP contribution in [0.3, 0.4) is 0 Å². The molecule has 0 radical (unpaired) electrons. The molecule has 0 aromatic heterocycles. The summed E-state index contributed by atoms with van der Waals surface area (Å²) in [5, 5.41) is 0.146. The number of aryl methyl sites for hydroxylation is 1. The molecule has 1 aromatic carbocycles. The number of ketones is 1. The van der Waals surface area contributed by atoms with Crippen molar-refractivity contribution in [2.24, 2.45) is 5.92 Å². The quantitative estimate of drug-likeness (QED) is 0.762. The minimum absolute atomic E-state index is 0.0943. The van der Waals surface area contributed by atoms with Gasteiger partial charge >= 0.3 is 0 Å². The second kappa shape index (κ2) is 6.00. The van der Waals surface area contributed by atoms with E-state index >= 15 is 0 Å². The highest BCUT2D eigenvalue weighted by molar-refractivity contribution is 6.30. The van der Waals surface area contributed by atoms with Gasteiger partial charge in [0, 0.05) is 12.3 Å². The fourth-order valence-corrected chi connectivity index (χ4v) is 1.65. The van der Waals surface area contributed by atoms with Gasteiger partial charge in [0.2, 0.25) is 0 Å². The van der Waals surface area contributed by atoms with Crippen molar-refractivity contribution in [2.75, 3.05) is 0 Å². The highest BCUT2D eigenvalue weighted by Gasteiger charge is 2.07. The van der Waals surface area contributed by atoms with Gasteiger partial charge in [0.1, 0.15) is 11.6 Å². The zero-order chi connectivity index (χ0) is 12.1. The Morgan fingerprint density at radius 3 is 2.69 bits per heavy atom. The average molecular weight is 243 g/mol. The van der Waals surface area contributed by atoms with Gasteiger partial charge in [0.25, 0.3) is 0 Å². The van der Waals surface area contributed by atoms with Gasteiger partial charge in [-0.2, -0.15) is 0 Å². The smallest absolute Gasteiger partial charge is 0.141 e. The van der Waals surface area contributed by atoms with Crippen molar-refractivity contribution >= 4 is 17.4 Å². The number of Topliss-reactive ketones (excluding diaryl/α,β-unsaturated/α-hetero) is 1. The molecule has 0 aliphatic rings. The van der Waals surface area contributed by atoms with E-state index in [0.717, 1.165) is 18.4 Å². The zero-order valence-electron chi connectivity index (χ0n) is 9.59. The van der Waals surface area contributed by atoms with Crippen molar-refractivity contribution in [2.45, 2.75) is 33.1 Å². The molecular formula is C13H16ClFO. The summed E-state index contributed by atoms with van der Waals surface area (Å²) in [5.41, 5.74) is 0.975. The fraction of sp³-hybridized carbons (Fsp3) is 0.462. The number of benzene rings is 1. The summed E-state index contributed by atoms with van der Waals surface area (Å²) in [6, 6.07) is 4.69. The van der Waals surface area contributed by atoms with Crippen LogP contribution in [0.5, 0.6) is 0 Å². The van der Waals surface area contributed by atoms with Gasteiger partial charge < -0.3 is 0 Å². The summed E-state index contributed by atoms with van der Waals surface area (Å²) in [6.45, 7) is 3.80. The Labute approximate surface area is 101 Å². The number of halogens is 2. The lowest BCUT2D eigenvalue weighted by Gasteiger charge is -2.04. The van der Waals surface area contributed by atoms with Crippen LogP contribution in [0.15, 0.2) is 18.2 Å². The topological polar surface area (TPSA) is 17.1 Å². The molecule has 0 saturated heterocycles. The summed E-state index contributed by atoms with van der Waals surface area (Å²) in [5.74, 6) is -0.0336. The molecule has 0 heterocycles. The highest BCUT2D eigenvalue weighted by atomic mass is 35.5. The van der Waals surface area contributed by atoms with Crippen LogP contribution >= 0.6 is 11.6 Å². The highest BCUT2D eigenvalue weighted by Crippen LogP contribution is 2.17. The molecule has 0 N–H and O–H groups in total. The average Bonchev–Trinajstić information content (AvgIpc) is 2.23. The predicted molar refractivity (Wildman–Crippen MR) is 64.2 cm³/mol. The zero-order valence-corrected chi connectivity index (χ0v) is 10.4. The number of hydrogen-bond donors (Lipinski definition) is 0. The Bertz CT molecular complexity index is 374. The van der Waals surface area contributed by atoms with E-state index in [0.29, 0.717) is 6.42 Å². The minimum Gasteiger partial charge on any atom is -0.299 e. The number of hydrogen-bond acceptors (Lipinski definition) is 1. The lowest BCUT2D eigenvalue weighted by molar-refractivity contribution is -0.121. The predicted octanol–water partition coefficient (Wildman–Crippen LogP) is 4.03. The lowest BCUT2D eigenvalue weighted by atomic mass is 10.0. The third kappa shape index (κ3) is 3.93. The summed E-state index contributed by atoms with van der Waals surface area (Å²) >= 11 is 5.66. The van der Waals surface area contributed by atoms with E-state index in [1.807, 2.05) is 13.8 Å². The Kier molecular flexibility index (Phi) is 4.94. The molecule has 0 saturated carbocycles. The standard InChI is InChI=1S/C13H16ClFO/c1-9(2)13(16)5-3-4-10-6-7-12(15)11(14)8-10/h6-9H,3-5H2,1-2H3. The first-order valence-electron chi connectivity index (χ1n) is 5.47. The first-order chi connectivity index (χ1) is 7.50. The SMILES string of the molecule is CC(C)C(=O)CCCc1ccc(F)c(Cl)c1. The molecule has 0 amide bonds. The number of carbonyl (C=O) groups excluding carboxylic acids is 1. The minimum atomic E-state index is -0.399. The Balaban J connectivity index is 2.43. The van der Waals surface area contributed by atoms with Gasteiger partial charge in [-0.05, 0) is 30.5 Å². The summed E-state index contributed by atoms with van der Waals surface area (Å²) < 4.78 is 12.9. The number of carbonyl (C=O) groups is 1. The van der Waals surface area contributed by atoms with Crippen LogP contribution in [0, 0.1) is 11.7 Å². The maximum atomic E-state index is 12.9. The van der Waals surface area contributed by atoms with E-state index in [2.05, 4.69) is 0 Å². The third-order valence-electron chi connectivity index (χ3n) is 2.52. The van der Waals surface area contributed by atoms with Crippen molar-refractivity contribution < 1.29 is 9.18 Å². The second-order valence-electron chi connectivity index (χ2n) is 4.22. The molecule has 0 unspecified atom stereocenters. The van der Waals surface area contributed by atoms with Gasteiger partial charge in [-0.15, -0.1) is 0 Å². The van der Waals surface area contributed by atoms with Crippen LogP contribution in [0.2, 0.25) is 5.02 Å². The van der Waals surface area contributed by atoms with Crippen LogP contribution in [-0.4, -0.2) is 5.78 Å².